The van der Waals surface area contributed by atoms with E-state index >= 15 is 4.39 Å². The van der Waals surface area contributed by atoms with Gasteiger partial charge in [0.2, 0.25) is 5.91 Å². The molecule has 2 heterocycles. The summed E-state index contributed by atoms with van der Waals surface area (Å²) >= 11 is 0. The number of nitrogens with one attached hydrogen (secondary N) is 1. The summed E-state index contributed by atoms with van der Waals surface area (Å²) in [5, 5.41) is 12.5. The molecule has 1 saturated heterocycles. The summed E-state index contributed by atoms with van der Waals surface area (Å²) in [5.41, 5.74) is 0.445. The minimum atomic E-state index is -1.24. The van der Waals surface area contributed by atoms with Crippen molar-refractivity contribution in [1.29, 1.82) is 0 Å². The number of aromatic nitrogens is 1. The molecule has 42 heavy (non-hydrogen) atoms. The zero-order chi connectivity index (χ0) is 30.5. The van der Waals surface area contributed by atoms with Crippen molar-refractivity contribution in [1.82, 2.24) is 9.88 Å². The minimum absolute atomic E-state index is 0.0152. The smallest absolute Gasteiger partial charge is 0.408 e. The van der Waals surface area contributed by atoms with E-state index in [4.69, 9.17) is 4.74 Å². The predicted octanol–water partition coefficient (Wildman–Crippen LogP) is 5.82. The standard InChI is InChI=1S/C32H35F2N3O5/c1-31(2,3)32(20-37(30(40)41)24(18-38)19-42-32)14-13-25-27(34)16-35-17-28(25)36-29(39)15-26(21-7-5-4-6-8-21)22-9-11-23(33)12-10-22/h4-12,16-18,24,26H,13-15,19-20H2,1-3H3,(H,36,39)(H,40,41)/t24-,26-,32+/m1/s1. The first-order valence-corrected chi connectivity index (χ1v) is 13.8. The van der Waals surface area contributed by atoms with Crippen molar-refractivity contribution in [2.24, 2.45) is 5.41 Å². The van der Waals surface area contributed by atoms with Crippen LogP contribution in [-0.4, -0.2) is 58.1 Å². The van der Waals surface area contributed by atoms with Crippen LogP contribution in [0.5, 0.6) is 0 Å². The lowest BCUT2D eigenvalue weighted by atomic mass is 9.71. The number of benzene rings is 2. The summed E-state index contributed by atoms with van der Waals surface area (Å²) in [6.45, 7) is 5.52. The van der Waals surface area contributed by atoms with E-state index in [1.807, 2.05) is 51.1 Å². The number of carbonyl (C=O) groups is 3. The molecule has 0 bridgehead atoms. The highest BCUT2D eigenvalue weighted by Gasteiger charge is 2.49. The van der Waals surface area contributed by atoms with Gasteiger partial charge in [0, 0.05) is 17.9 Å². The molecular weight excluding hydrogens is 544 g/mol. The average molecular weight is 580 g/mol. The lowest BCUT2D eigenvalue weighted by Gasteiger charge is -2.51. The van der Waals surface area contributed by atoms with Crippen molar-refractivity contribution in [2.45, 2.75) is 57.6 Å². The number of aldehydes is 1. The van der Waals surface area contributed by atoms with Crippen LogP contribution in [-0.2, 0) is 20.7 Å². The van der Waals surface area contributed by atoms with Gasteiger partial charge < -0.3 is 20.0 Å². The van der Waals surface area contributed by atoms with E-state index in [0.29, 0.717) is 6.29 Å². The lowest BCUT2D eigenvalue weighted by Crippen LogP contribution is -2.63. The highest BCUT2D eigenvalue weighted by molar-refractivity contribution is 5.92. The molecule has 3 atom stereocenters. The normalized spacial score (nSPS) is 19.6. The fraction of sp³-hybridized carbons (Fsp3) is 0.375. The first kappa shape index (κ1) is 30.8. The molecule has 8 nitrogen and oxygen atoms in total. The summed E-state index contributed by atoms with van der Waals surface area (Å²) in [6.07, 6.45) is 2.10. The van der Waals surface area contributed by atoms with E-state index in [0.717, 1.165) is 22.2 Å². The molecule has 1 aliphatic heterocycles. The molecule has 0 radical (unpaired) electrons. The Kier molecular flexibility index (Phi) is 9.36. The van der Waals surface area contributed by atoms with E-state index in [2.05, 4.69) is 10.3 Å². The molecule has 2 aromatic carbocycles. The quantitative estimate of drug-likeness (QED) is 0.310. The van der Waals surface area contributed by atoms with Crippen LogP contribution in [0.15, 0.2) is 67.0 Å². The number of carboxylic acid groups (broad SMARTS) is 1. The molecule has 4 rings (SSSR count). The first-order valence-electron chi connectivity index (χ1n) is 13.8. The Bertz CT molecular complexity index is 1410. The highest BCUT2D eigenvalue weighted by atomic mass is 19.1. The number of pyridine rings is 1. The topological polar surface area (TPSA) is 109 Å². The van der Waals surface area contributed by atoms with Gasteiger partial charge in [-0.3, -0.25) is 14.7 Å². The fourth-order valence-corrected chi connectivity index (χ4v) is 5.42. The Hall–Kier alpha value is -4.18. The van der Waals surface area contributed by atoms with Gasteiger partial charge in [-0.25, -0.2) is 13.6 Å². The molecule has 0 saturated carbocycles. The number of amides is 2. The average Bonchev–Trinajstić information content (AvgIpc) is 2.96. The van der Waals surface area contributed by atoms with E-state index in [1.165, 1.54) is 18.3 Å². The van der Waals surface area contributed by atoms with E-state index in [9.17, 15) is 23.9 Å². The molecule has 1 fully saturated rings. The number of nitrogens with zero attached hydrogens (tertiary/aromatic N) is 2. The lowest BCUT2D eigenvalue weighted by molar-refractivity contribution is -0.179. The molecule has 3 aromatic rings. The minimum Gasteiger partial charge on any atom is -0.465 e. The number of carbonyl (C=O) groups excluding carboxylic acids is 2. The molecule has 0 aliphatic carbocycles. The zero-order valence-corrected chi connectivity index (χ0v) is 23.8. The summed E-state index contributed by atoms with van der Waals surface area (Å²) in [5.74, 6) is -1.75. The van der Waals surface area contributed by atoms with Crippen molar-refractivity contribution >= 4 is 24.0 Å². The maximum atomic E-state index is 15.2. The number of halogens is 2. The molecule has 1 aliphatic rings. The Labute approximate surface area is 243 Å². The third kappa shape index (κ3) is 6.82. The van der Waals surface area contributed by atoms with Crippen LogP contribution in [0.1, 0.15) is 56.2 Å². The van der Waals surface area contributed by atoms with E-state index < -0.39 is 29.0 Å². The van der Waals surface area contributed by atoms with Crippen LogP contribution in [0.3, 0.4) is 0 Å². The van der Waals surface area contributed by atoms with Gasteiger partial charge in [-0.15, -0.1) is 0 Å². The summed E-state index contributed by atoms with van der Waals surface area (Å²) < 4.78 is 35.0. The van der Waals surface area contributed by atoms with Gasteiger partial charge in [0.05, 0.1) is 36.8 Å². The van der Waals surface area contributed by atoms with Gasteiger partial charge >= 0.3 is 6.09 Å². The first-order chi connectivity index (χ1) is 19.9. The highest BCUT2D eigenvalue weighted by Crippen LogP contribution is 2.42. The Morgan fingerprint density at radius 2 is 1.79 bits per heavy atom. The van der Waals surface area contributed by atoms with Crippen LogP contribution in [0.25, 0.3) is 0 Å². The zero-order valence-electron chi connectivity index (χ0n) is 23.8. The summed E-state index contributed by atoms with van der Waals surface area (Å²) in [6, 6.07) is 14.4. The molecule has 0 spiro atoms. The second kappa shape index (κ2) is 12.8. The maximum absolute atomic E-state index is 15.2. The van der Waals surface area contributed by atoms with Crippen molar-refractivity contribution in [3.8, 4) is 0 Å². The number of ether oxygens (including phenoxy) is 1. The number of rotatable bonds is 9. The molecule has 1 aromatic heterocycles. The third-order valence-corrected chi connectivity index (χ3v) is 8.05. The largest absolute Gasteiger partial charge is 0.465 e. The van der Waals surface area contributed by atoms with Crippen molar-refractivity contribution in [2.75, 3.05) is 18.5 Å². The SMILES string of the molecule is CC(C)(C)[C@]1(CCc2c(F)cncc2NC(=O)C[C@H](c2ccccc2)c2ccc(F)cc2)CN(C(=O)O)[C@H](C=O)CO1. The number of hydrogen-bond donors (Lipinski definition) is 2. The van der Waals surface area contributed by atoms with Gasteiger partial charge in [-0.2, -0.15) is 0 Å². The fourth-order valence-electron chi connectivity index (χ4n) is 5.42. The Morgan fingerprint density at radius 1 is 1.12 bits per heavy atom. The van der Waals surface area contributed by atoms with E-state index in [1.54, 1.807) is 12.1 Å². The van der Waals surface area contributed by atoms with Gasteiger partial charge in [0.1, 0.15) is 24.0 Å². The van der Waals surface area contributed by atoms with Crippen molar-refractivity contribution in [3.05, 3.63) is 95.3 Å². The van der Waals surface area contributed by atoms with Gasteiger partial charge in [0.15, 0.2) is 0 Å². The third-order valence-electron chi connectivity index (χ3n) is 8.05. The summed E-state index contributed by atoms with van der Waals surface area (Å²) in [7, 11) is 0. The Morgan fingerprint density at radius 3 is 2.40 bits per heavy atom. The van der Waals surface area contributed by atoms with Crippen LogP contribution in [0, 0.1) is 17.0 Å². The summed E-state index contributed by atoms with van der Waals surface area (Å²) in [4.78, 5) is 41.8. The van der Waals surface area contributed by atoms with Crippen molar-refractivity contribution in [3.63, 3.8) is 0 Å². The van der Waals surface area contributed by atoms with Crippen LogP contribution in [0.4, 0.5) is 19.3 Å². The van der Waals surface area contributed by atoms with Crippen LogP contribution < -0.4 is 5.32 Å². The molecule has 0 unspecified atom stereocenters. The molecular formula is C32H35F2N3O5. The maximum Gasteiger partial charge on any atom is 0.408 e. The monoisotopic (exact) mass is 579 g/mol. The van der Waals surface area contributed by atoms with Crippen LogP contribution >= 0.6 is 0 Å². The number of hydrogen-bond acceptors (Lipinski definition) is 5. The van der Waals surface area contributed by atoms with Gasteiger partial charge in [-0.05, 0) is 41.5 Å². The molecule has 2 amide bonds. The van der Waals surface area contributed by atoms with Crippen molar-refractivity contribution < 1.29 is 33.0 Å². The second-order valence-corrected chi connectivity index (χ2v) is 11.6. The van der Waals surface area contributed by atoms with Gasteiger partial charge in [0.25, 0.3) is 0 Å². The molecule has 2 N–H and O–H groups in total. The Balaban J connectivity index is 1.56. The van der Waals surface area contributed by atoms with Crippen LogP contribution in [0.2, 0.25) is 0 Å². The van der Waals surface area contributed by atoms with E-state index in [-0.39, 0.29) is 61.3 Å². The van der Waals surface area contributed by atoms with Gasteiger partial charge in [-0.1, -0.05) is 63.2 Å². The number of anilines is 1. The molecule has 10 heteroatoms. The molecule has 222 valence electrons. The predicted molar refractivity (Wildman–Crippen MR) is 153 cm³/mol. The number of morpholine rings is 1. The second-order valence-electron chi connectivity index (χ2n) is 11.6.